The van der Waals surface area contributed by atoms with Crippen molar-refractivity contribution in [1.29, 1.82) is 0 Å². The number of rotatable bonds is 6. The molecule has 0 spiro atoms. The van der Waals surface area contributed by atoms with Gasteiger partial charge in [-0.05, 0) is 43.3 Å². The number of thioether (sulfide) groups is 1. The van der Waals surface area contributed by atoms with Gasteiger partial charge in [0.25, 0.3) is 0 Å². The number of anilines is 2. The number of nitrogens with one attached hydrogen (secondary N) is 2. The highest BCUT2D eigenvalue weighted by molar-refractivity contribution is 8.00. The van der Waals surface area contributed by atoms with Gasteiger partial charge in [0.1, 0.15) is 0 Å². The van der Waals surface area contributed by atoms with E-state index in [1.54, 1.807) is 24.3 Å². The van der Waals surface area contributed by atoms with Crippen LogP contribution in [0.5, 0.6) is 0 Å². The van der Waals surface area contributed by atoms with E-state index in [0.717, 1.165) is 10.6 Å². The van der Waals surface area contributed by atoms with E-state index in [0.29, 0.717) is 11.4 Å². The van der Waals surface area contributed by atoms with Crippen LogP contribution in [0.25, 0.3) is 0 Å². The molecule has 0 aliphatic carbocycles. The first kappa shape index (κ1) is 18.1. The lowest BCUT2D eigenvalue weighted by Gasteiger charge is -2.09. The van der Waals surface area contributed by atoms with Gasteiger partial charge in [0.15, 0.2) is 0 Å². The van der Waals surface area contributed by atoms with Gasteiger partial charge in [0.2, 0.25) is 11.8 Å². The summed E-state index contributed by atoms with van der Waals surface area (Å²) in [5.74, 6) is 0.207. The first-order chi connectivity index (χ1) is 11.4. The van der Waals surface area contributed by atoms with Crippen molar-refractivity contribution >= 4 is 35.0 Å². The van der Waals surface area contributed by atoms with Gasteiger partial charge >= 0.3 is 0 Å². The molecular formula is C19H22N2O2S. The van der Waals surface area contributed by atoms with Crippen molar-refractivity contribution in [1.82, 2.24) is 0 Å². The molecule has 4 nitrogen and oxygen atoms in total. The third-order valence-corrected chi connectivity index (χ3v) is 4.36. The van der Waals surface area contributed by atoms with Crippen LogP contribution in [0.3, 0.4) is 0 Å². The molecule has 0 unspecified atom stereocenters. The fourth-order valence-electron chi connectivity index (χ4n) is 1.90. The van der Waals surface area contributed by atoms with Crippen molar-refractivity contribution < 1.29 is 9.59 Å². The van der Waals surface area contributed by atoms with E-state index < -0.39 is 0 Å². The minimum Gasteiger partial charge on any atom is -0.326 e. The Morgan fingerprint density at radius 2 is 1.46 bits per heavy atom. The van der Waals surface area contributed by atoms with Crippen LogP contribution in [0, 0.1) is 12.8 Å². The number of amides is 2. The standard InChI is InChI=1S/C19H22N2O2S/c1-13(2)19(23)21-16-8-6-15(7-9-16)20-18(22)12-24-17-10-4-14(3)5-11-17/h4-11,13H,12H2,1-3H3,(H,20,22)(H,21,23). The second-order valence-corrected chi connectivity index (χ2v) is 6.92. The van der Waals surface area contributed by atoms with Crippen LogP contribution in [0.15, 0.2) is 53.4 Å². The molecule has 2 N–H and O–H groups in total. The fourth-order valence-corrected chi connectivity index (χ4v) is 2.60. The number of carbonyl (C=O) groups excluding carboxylic acids is 2. The lowest BCUT2D eigenvalue weighted by Crippen LogP contribution is -2.18. The monoisotopic (exact) mass is 342 g/mol. The zero-order chi connectivity index (χ0) is 17.5. The number of carbonyl (C=O) groups is 2. The summed E-state index contributed by atoms with van der Waals surface area (Å²) in [6.45, 7) is 5.72. The number of hydrogen-bond acceptors (Lipinski definition) is 3. The largest absolute Gasteiger partial charge is 0.326 e. The minimum atomic E-state index is -0.0665. The molecule has 0 heterocycles. The van der Waals surface area contributed by atoms with Gasteiger partial charge in [0, 0.05) is 22.2 Å². The summed E-state index contributed by atoms with van der Waals surface area (Å²) < 4.78 is 0. The molecule has 0 bridgehead atoms. The average molecular weight is 342 g/mol. The van der Waals surface area contributed by atoms with Crippen LogP contribution >= 0.6 is 11.8 Å². The van der Waals surface area contributed by atoms with E-state index in [1.807, 2.05) is 45.0 Å². The second kappa shape index (κ2) is 8.55. The lowest BCUT2D eigenvalue weighted by atomic mass is 10.2. The third-order valence-electron chi connectivity index (χ3n) is 3.35. The zero-order valence-corrected chi connectivity index (χ0v) is 14.9. The van der Waals surface area contributed by atoms with Crippen molar-refractivity contribution in [2.45, 2.75) is 25.7 Å². The highest BCUT2D eigenvalue weighted by Gasteiger charge is 2.07. The molecule has 0 aliphatic heterocycles. The molecule has 0 saturated heterocycles. The Labute approximate surface area is 147 Å². The van der Waals surface area contributed by atoms with Crippen LogP contribution in [-0.4, -0.2) is 17.6 Å². The number of benzene rings is 2. The predicted molar refractivity (Wildman–Crippen MR) is 100 cm³/mol. The van der Waals surface area contributed by atoms with Gasteiger partial charge in [0.05, 0.1) is 5.75 Å². The Balaban J connectivity index is 1.83. The molecular weight excluding hydrogens is 320 g/mol. The summed E-state index contributed by atoms with van der Waals surface area (Å²) in [6, 6.07) is 15.2. The van der Waals surface area contributed by atoms with Crippen molar-refractivity contribution in [3.63, 3.8) is 0 Å². The predicted octanol–water partition coefficient (Wildman–Crippen LogP) is 4.32. The molecule has 2 rings (SSSR count). The van der Waals surface area contributed by atoms with Gasteiger partial charge in [-0.1, -0.05) is 31.5 Å². The maximum Gasteiger partial charge on any atom is 0.234 e. The highest BCUT2D eigenvalue weighted by Crippen LogP contribution is 2.19. The van der Waals surface area contributed by atoms with Crippen LogP contribution < -0.4 is 10.6 Å². The maximum atomic E-state index is 12.0. The van der Waals surface area contributed by atoms with Gasteiger partial charge in [-0.3, -0.25) is 9.59 Å². The molecule has 0 aromatic heterocycles. The van der Waals surface area contributed by atoms with Crippen LogP contribution in [0.2, 0.25) is 0 Å². The SMILES string of the molecule is Cc1ccc(SCC(=O)Nc2ccc(NC(=O)C(C)C)cc2)cc1. The Morgan fingerprint density at radius 3 is 2.00 bits per heavy atom. The molecule has 2 amide bonds. The molecule has 0 radical (unpaired) electrons. The van der Waals surface area contributed by atoms with Crippen LogP contribution in [-0.2, 0) is 9.59 Å². The smallest absolute Gasteiger partial charge is 0.234 e. The molecule has 2 aromatic carbocycles. The fraction of sp³-hybridized carbons (Fsp3) is 0.263. The van der Waals surface area contributed by atoms with Gasteiger partial charge in [-0.15, -0.1) is 11.8 Å². The molecule has 0 atom stereocenters. The second-order valence-electron chi connectivity index (χ2n) is 5.87. The molecule has 126 valence electrons. The van der Waals surface area contributed by atoms with E-state index in [1.165, 1.54) is 17.3 Å². The van der Waals surface area contributed by atoms with E-state index in [-0.39, 0.29) is 17.7 Å². The molecule has 24 heavy (non-hydrogen) atoms. The first-order valence-electron chi connectivity index (χ1n) is 7.84. The van der Waals surface area contributed by atoms with E-state index in [4.69, 9.17) is 0 Å². The number of aryl methyl sites for hydroxylation is 1. The van der Waals surface area contributed by atoms with Crippen molar-refractivity contribution in [2.75, 3.05) is 16.4 Å². The van der Waals surface area contributed by atoms with Crippen LogP contribution in [0.1, 0.15) is 19.4 Å². The summed E-state index contributed by atoms with van der Waals surface area (Å²) in [7, 11) is 0. The molecule has 0 saturated carbocycles. The van der Waals surface area contributed by atoms with Gasteiger partial charge in [-0.2, -0.15) is 0 Å². The van der Waals surface area contributed by atoms with Crippen LogP contribution in [0.4, 0.5) is 11.4 Å². The Morgan fingerprint density at radius 1 is 0.917 bits per heavy atom. The van der Waals surface area contributed by atoms with Gasteiger partial charge < -0.3 is 10.6 Å². The summed E-state index contributed by atoms with van der Waals surface area (Å²) in [5.41, 5.74) is 2.64. The average Bonchev–Trinajstić information content (AvgIpc) is 2.56. The van der Waals surface area contributed by atoms with E-state index >= 15 is 0 Å². The van der Waals surface area contributed by atoms with Crippen molar-refractivity contribution in [3.05, 3.63) is 54.1 Å². The topological polar surface area (TPSA) is 58.2 Å². The molecule has 0 fully saturated rings. The minimum absolute atomic E-state index is 0.0266. The molecule has 5 heteroatoms. The summed E-state index contributed by atoms with van der Waals surface area (Å²) in [4.78, 5) is 24.7. The Bertz CT molecular complexity index is 694. The quantitative estimate of drug-likeness (QED) is 0.769. The van der Waals surface area contributed by atoms with Gasteiger partial charge in [-0.25, -0.2) is 0 Å². The maximum absolute atomic E-state index is 12.0. The first-order valence-corrected chi connectivity index (χ1v) is 8.83. The molecule has 0 aliphatic rings. The van der Waals surface area contributed by atoms with E-state index in [9.17, 15) is 9.59 Å². The Kier molecular flexibility index (Phi) is 6.44. The Hall–Kier alpha value is -2.27. The van der Waals surface area contributed by atoms with Crippen molar-refractivity contribution in [3.8, 4) is 0 Å². The molecule has 2 aromatic rings. The van der Waals surface area contributed by atoms with E-state index in [2.05, 4.69) is 10.6 Å². The number of hydrogen-bond donors (Lipinski definition) is 2. The normalized spacial score (nSPS) is 10.5. The lowest BCUT2D eigenvalue weighted by molar-refractivity contribution is -0.119. The highest BCUT2D eigenvalue weighted by atomic mass is 32.2. The third kappa shape index (κ3) is 5.74. The summed E-state index contributed by atoms with van der Waals surface area (Å²) >= 11 is 1.50. The summed E-state index contributed by atoms with van der Waals surface area (Å²) in [6.07, 6.45) is 0. The van der Waals surface area contributed by atoms with Crippen molar-refractivity contribution in [2.24, 2.45) is 5.92 Å². The summed E-state index contributed by atoms with van der Waals surface area (Å²) in [5, 5.41) is 5.67. The zero-order valence-electron chi connectivity index (χ0n) is 14.1.